The Kier molecular flexibility index (Phi) is 8.06. The van der Waals surface area contributed by atoms with E-state index in [0.29, 0.717) is 22.5 Å². The third kappa shape index (κ3) is 5.70. The first-order valence-electron chi connectivity index (χ1n) is 13.6. The standard InChI is InChI=1S/C34H20Cl2N4O6/c35-27-15-23(39(43)44)13-21(33(27)41)17-37-29-11-9-19-5-1-3-7-25(19)31(29)32-26-8-4-2-6-20(26)10-12-30(32)38-18-22-14-24(40(45)46)16-28(36)34(22)42/h1-18,41-42H. The number of nitro benzene ring substituents is 2. The number of nitrogens with zero attached hydrogens (tertiary/aromatic N) is 4. The van der Waals surface area contributed by atoms with Crippen molar-refractivity contribution in [1.29, 1.82) is 0 Å². The molecule has 0 atom stereocenters. The molecule has 6 rings (SSSR count). The first-order chi connectivity index (χ1) is 22.1. The van der Waals surface area contributed by atoms with Gasteiger partial charge in [-0.05, 0) is 33.7 Å². The van der Waals surface area contributed by atoms with E-state index in [0.717, 1.165) is 33.7 Å². The van der Waals surface area contributed by atoms with Crippen LogP contribution in [0.25, 0.3) is 32.7 Å². The van der Waals surface area contributed by atoms with Gasteiger partial charge in [-0.2, -0.15) is 0 Å². The first-order valence-corrected chi connectivity index (χ1v) is 14.3. The van der Waals surface area contributed by atoms with Crippen LogP contribution >= 0.6 is 23.2 Å². The lowest BCUT2D eigenvalue weighted by atomic mass is 9.91. The Balaban J connectivity index is 1.61. The molecule has 0 heterocycles. The zero-order valence-corrected chi connectivity index (χ0v) is 25.0. The van der Waals surface area contributed by atoms with Crippen molar-refractivity contribution in [3.8, 4) is 22.6 Å². The largest absolute Gasteiger partial charge is 0.506 e. The SMILES string of the molecule is O=[N+]([O-])c1cc(Cl)c(O)c(C=Nc2ccc3ccccc3c2-c2c(N=Cc3cc([N+](=O)[O-])cc(Cl)c3O)ccc3ccccc23)c1. The lowest BCUT2D eigenvalue weighted by Crippen LogP contribution is -1.93. The molecule has 0 aliphatic rings. The molecule has 226 valence electrons. The predicted octanol–water partition coefficient (Wildman–Crippen LogP) is 9.70. The van der Waals surface area contributed by atoms with Crippen molar-refractivity contribution >= 4 is 79.9 Å². The number of halogens is 2. The Labute approximate surface area is 270 Å². The normalized spacial score (nSPS) is 11.6. The number of rotatable bonds is 7. The Morgan fingerprint density at radius 1 is 0.587 bits per heavy atom. The van der Waals surface area contributed by atoms with Crippen molar-refractivity contribution in [2.24, 2.45) is 9.98 Å². The molecule has 6 aromatic rings. The molecule has 0 saturated heterocycles. The summed E-state index contributed by atoms with van der Waals surface area (Å²) in [6.45, 7) is 0. The van der Waals surface area contributed by atoms with E-state index < -0.39 is 9.85 Å². The highest BCUT2D eigenvalue weighted by Gasteiger charge is 2.19. The molecule has 2 N–H and O–H groups in total. The van der Waals surface area contributed by atoms with Gasteiger partial charge in [-0.15, -0.1) is 0 Å². The molecule has 0 fully saturated rings. The minimum Gasteiger partial charge on any atom is -0.506 e. The molecule has 10 nitrogen and oxygen atoms in total. The van der Waals surface area contributed by atoms with Gasteiger partial charge in [-0.25, -0.2) is 0 Å². The average molecular weight is 651 g/mol. The summed E-state index contributed by atoms with van der Waals surface area (Å²) in [7, 11) is 0. The molecule has 0 aliphatic carbocycles. The van der Waals surface area contributed by atoms with Gasteiger partial charge >= 0.3 is 0 Å². The topological polar surface area (TPSA) is 151 Å². The average Bonchev–Trinajstić information content (AvgIpc) is 3.05. The van der Waals surface area contributed by atoms with Crippen molar-refractivity contribution in [1.82, 2.24) is 0 Å². The Morgan fingerprint density at radius 2 is 0.978 bits per heavy atom. The van der Waals surface area contributed by atoms with Gasteiger partial charge in [0.1, 0.15) is 11.5 Å². The maximum absolute atomic E-state index is 11.4. The number of nitro groups is 2. The number of aliphatic imine (C=N–C) groups is 2. The van der Waals surface area contributed by atoms with Crippen LogP contribution in [-0.4, -0.2) is 32.5 Å². The lowest BCUT2D eigenvalue weighted by molar-refractivity contribution is -0.385. The first kappa shape index (κ1) is 30.2. The number of aromatic hydroxyl groups is 2. The second kappa shape index (κ2) is 12.3. The number of benzene rings is 6. The Hall–Kier alpha value is -5.84. The zero-order chi connectivity index (χ0) is 32.5. The molecule has 0 saturated carbocycles. The highest BCUT2D eigenvalue weighted by Crippen LogP contribution is 2.46. The smallest absolute Gasteiger partial charge is 0.271 e. The predicted molar refractivity (Wildman–Crippen MR) is 181 cm³/mol. The molecule has 0 aliphatic heterocycles. The number of phenolic OH excluding ortho intramolecular Hbond substituents is 2. The fraction of sp³-hybridized carbons (Fsp3) is 0. The van der Waals surface area contributed by atoms with E-state index in [1.54, 1.807) is 12.1 Å². The second-order valence-electron chi connectivity index (χ2n) is 10.1. The van der Waals surface area contributed by atoms with E-state index in [1.807, 2.05) is 60.7 Å². The van der Waals surface area contributed by atoms with Crippen LogP contribution in [0.2, 0.25) is 10.0 Å². The molecule has 0 spiro atoms. The van der Waals surface area contributed by atoms with Crippen molar-refractivity contribution in [3.63, 3.8) is 0 Å². The quantitative estimate of drug-likeness (QED) is 0.0996. The molecule has 0 amide bonds. The van der Waals surface area contributed by atoms with E-state index in [9.17, 15) is 30.4 Å². The lowest BCUT2D eigenvalue weighted by Gasteiger charge is -2.16. The number of fused-ring (bicyclic) bond motifs is 2. The van der Waals surface area contributed by atoms with E-state index in [-0.39, 0.29) is 44.0 Å². The third-order valence-electron chi connectivity index (χ3n) is 7.33. The van der Waals surface area contributed by atoms with E-state index in [1.165, 1.54) is 24.6 Å². The number of hydrogen-bond donors (Lipinski definition) is 2. The minimum atomic E-state index is -0.614. The summed E-state index contributed by atoms with van der Waals surface area (Å²) >= 11 is 12.1. The summed E-state index contributed by atoms with van der Waals surface area (Å²) < 4.78 is 0. The van der Waals surface area contributed by atoms with E-state index in [4.69, 9.17) is 23.2 Å². The summed E-state index contributed by atoms with van der Waals surface area (Å²) in [5.41, 5.74) is 1.71. The maximum Gasteiger partial charge on any atom is 0.271 e. The van der Waals surface area contributed by atoms with Gasteiger partial charge in [-0.1, -0.05) is 83.9 Å². The van der Waals surface area contributed by atoms with Crippen LogP contribution in [0.5, 0.6) is 11.5 Å². The van der Waals surface area contributed by atoms with Gasteiger partial charge in [0, 0.05) is 58.9 Å². The molecular weight excluding hydrogens is 631 g/mol. The molecule has 0 unspecified atom stereocenters. The highest BCUT2D eigenvalue weighted by atomic mass is 35.5. The molecule has 6 aromatic carbocycles. The molecule has 12 heteroatoms. The zero-order valence-electron chi connectivity index (χ0n) is 23.5. The maximum atomic E-state index is 11.4. The fourth-order valence-corrected chi connectivity index (χ4v) is 5.60. The van der Waals surface area contributed by atoms with Gasteiger partial charge < -0.3 is 10.2 Å². The Bertz CT molecular complexity index is 2130. The van der Waals surface area contributed by atoms with Gasteiger partial charge in [0.2, 0.25) is 0 Å². The van der Waals surface area contributed by atoms with E-state index >= 15 is 0 Å². The molecule has 46 heavy (non-hydrogen) atoms. The minimum absolute atomic E-state index is 0.0486. The Morgan fingerprint density at radius 3 is 1.37 bits per heavy atom. The summed E-state index contributed by atoms with van der Waals surface area (Å²) in [6, 6.07) is 27.1. The van der Waals surface area contributed by atoms with Gasteiger partial charge in [0.05, 0.1) is 31.3 Å². The summed E-state index contributed by atoms with van der Waals surface area (Å²) in [4.78, 5) is 31.0. The van der Waals surface area contributed by atoms with Crippen LogP contribution in [0.1, 0.15) is 11.1 Å². The van der Waals surface area contributed by atoms with Crippen LogP contribution in [0, 0.1) is 20.2 Å². The van der Waals surface area contributed by atoms with Crippen molar-refractivity contribution in [3.05, 3.63) is 138 Å². The molecule has 0 radical (unpaired) electrons. The highest BCUT2D eigenvalue weighted by molar-refractivity contribution is 6.33. The number of hydrogen-bond acceptors (Lipinski definition) is 8. The summed E-state index contributed by atoms with van der Waals surface area (Å²) in [5.74, 6) is -0.714. The van der Waals surface area contributed by atoms with Crippen molar-refractivity contribution in [2.75, 3.05) is 0 Å². The van der Waals surface area contributed by atoms with Crippen molar-refractivity contribution < 1.29 is 20.1 Å². The molecular formula is C34H20Cl2N4O6. The second-order valence-corrected chi connectivity index (χ2v) is 10.9. The van der Waals surface area contributed by atoms with Gasteiger partial charge in [0.25, 0.3) is 11.4 Å². The monoisotopic (exact) mass is 650 g/mol. The molecule has 0 bridgehead atoms. The summed E-state index contributed by atoms with van der Waals surface area (Å²) in [5, 5.41) is 47.0. The van der Waals surface area contributed by atoms with E-state index in [2.05, 4.69) is 9.98 Å². The van der Waals surface area contributed by atoms with Crippen molar-refractivity contribution in [2.45, 2.75) is 0 Å². The fourth-order valence-electron chi connectivity index (χ4n) is 5.16. The summed E-state index contributed by atoms with van der Waals surface area (Å²) in [6.07, 6.45) is 2.61. The van der Waals surface area contributed by atoms with Gasteiger partial charge in [0.15, 0.2) is 0 Å². The van der Waals surface area contributed by atoms with Crippen LogP contribution in [0.15, 0.2) is 107 Å². The van der Waals surface area contributed by atoms with Gasteiger partial charge in [-0.3, -0.25) is 30.2 Å². The van der Waals surface area contributed by atoms with Crippen LogP contribution in [0.4, 0.5) is 22.7 Å². The van der Waals surface area contributed by atoms with Crippen LogP contribution < -0.4 is 0 Å². The van der Waals surface area contributed by atoms with Crippen LogP contribution in [0.3, 0.4) is 0 Å². The molecule has 0 aromatic heterocycles. The third-order valence-corrected chi connectivity index (χ3v) is 7.90. The van der Waals surface area contributed by atoms with Crippen LogP contribution in [-0.2, 0) is 0 Å². The number of non-ortho nitro benzene ring substituents is 2. The number of phenols is 2.